The molecular formula is C17H20FN3. The van der Waals surface area contributed by atoms with Gasteiger partial charge in [-0.2, -0.15) is 0 Å². The molecule has 0 radical (unpaired) electrons. The predicted molar refractivity (Wildman–Crippen MR) is 82.6 cm³/mol. The minimum absolute atomic E-state index is 0.123. The zero-order valence-electron chi connectivity index (χ0n) is 12.1. The number of nitrogens with one attached hydrogen (secondary N) is 1. The van der Waals surface area contributed by atoms with E-state index in [4.69, 9.17) is 0 Å². The van der Waals surface area contributed by atoms with Gasteiger partial charge in [-0.1, -0.05) is 6.07 Å². The van der Waals surface area contributed by atoms with E-state index in [0.29, 0.717) is 6.54 Å². The summed E-state index contributed by atoms with van der Waals surface area (Å²) in [4.78, 5) is 6.28. The smallest absolute Gasteiger partial charge is 0.129 e. The normalized spacial score (nSPS) is 14.6. The molecule has 1 fully saturated rings. The third-order valence-electron chi connectivity index (χ3n) is 3.92. The summed E-state index contributed by atoms with van der Waals surface area (Å²) in [5, 5.41) is 3.33. The van der Waals surface area contributed by atoms with Gasteiger partial charge in [0.05, 0.1) is 0 Å². The van der Waals surface area contributed by atoms with Crippen LogP contribution in [0.1, 0.15) is 24.0 Å². The second-order valence-corrected chi connectivity index (χ2v) is 5.39. The average molecular weight is 285 g/mol. The highest BCUT2D eigenvalue weighted by atomic mass is 19.1. The Kier molecular flexibility index (Phi) is 4.46. The summed E-state index contributed by atoms with van der Waals surface area (Å²) in [5.74, 6) is -0.123. The molecule has 1 aromatic heterocycles. The van der Waals surface area contributed by atoms with Crippen molar-refractivity contribution in [3.05, 3.63) is 59.7 Å². The number of anilines is 1. The van der Waals surface area contributed by atoms with Gasteiger partial charge in [-0.05, 0) is 42.7 Å². The van der Waals surface area contributed by atoms with E-state index in [-0.39, 0.29) is 5.82 Å². The third-order valence-corrected chi connectivity index (χ3v) is 3.92. The van der Waals surface area contributed by atoms with Crippen LogP contribution in [0.25, 0.3) is 0 Å². The quantitative estimate of drug-likeness (QED) is 0.915. The zero-order valence-corrected chi connectivity index (χ0v) is 12.1. The molecule has 2 aromatic rings. The number of nitrogens with zero attached hydrogens (tertiary/aromatic N) is 2. The topological polar surface area (TPSA) is 28.2 Å². The predicted octanol–water partition coefficient (Wildman–Crippen LogP) is 3.11. The molecule has 0 amide bonds. The second kappa shape index (κ2) is 6.68. The highest BCUT2D eigenvalue weighted by Gasteiger charge is 2.17. The van der Waals surface area contributed by atoms with Gasteiger partial charge in [0.1, 0.15) is 5.82 Å². The molecule has 4 heteroatoms. The lowest BCUT2D eigenvalue weighted by molar-refractivity contribution is 0.587. The molecule has 0 saturated carbocycles. The largest absolute Gasteiger partial charge is 0.371 e. The van der Waals surface area contributed by atoms with E-state index < -0.39 is 0 Å². The molecule has 1 aliphatic rings. The van der Waals surface area contributed by atoms with Crippen LogP contribution in [0.2, 0.25) is 0 Å². The molecular weight excluding hydrogens is 265 g/mol. The lowest BCUT2D eigenvalue weighted by Crippen LogP contribution is -2.22. The van der Waals surface area contributed by atoms with Crippen molar-refractivity contribution in [3.8, 4) is 0 Å². The lowest BCUT2D eigenvalue weighted by Gasteiger charge is -2.22. The van der Waals surface area contributed by atoms with Crippen molar-refractivity contribution in [2.45, 2.75) is 25.9 Å². The van der Waals surface area contributed by atoms with Crippen molar-refractivity contribution in [2.75, 3.05) is 18.0 Å². The van der Waals surface area contributed by atoms with Crippen LogP contribution in [0, 0.1) is 5.82 Å². The first-order valence-corrected chi connectivity index (χ1v) is 7.46. The summed E-state index contributed by atoms with van der Waals surface area (Å²) in [7, 11) is 0. The average Bonchev–Trinajstić information content (AvgIpc) is 3.04. The molecule has 110 valence electrons. The monoisotopic (exact) mass is 285 g/mol. The first-order valence-electron chi connectivity index (χ1n) is 7.46. The number of rotatable bonds is 5. The SMILES string of the molecule is Fc1cccc(N2CCCC2)c1CNCc1ccncc1. The van der Waals surface area contributed by atoms with Crippen LogP contribution < -0.4 is 10.2 Å². The summed E-state index contributed by atoms with van der Waals surface area (Å²) >= 11 is 0. The number of pyridine rings is 1. The van der Waals surface area contributed by atoms with Gasteiger partial charge in [0, 0.05) is 49.8 Å². The minimum atomic E-state index is -0.123. The first-order chi connectivity index (χ1) is 10.3. The zero-order chi connectivity index (χ0) is 14.5. The van der Waals surface area contributed by atoms with Crippen LogP contribution in [0.5, 0.6) is 0 Å². The van der Waals surface area contributed by atoms with Gasteiger partial charge in [-0.15, -0.1) is 0 Å². The summed E-state index contributed by atoms with van der Waals surface area (Å²) in [6.45, 7) is 3.32. The molecule has 3 rings (SSSR count). The Labute approximate surface area is 124 Å². The highest BCUT2D eigenvalue weighted by Crippen LogP contribution is 2.26. The summed E-state index contributed by atoms with van der Waals surface area (Å²) in [6, 6.07) is 9.31. The molecule has 21 heavy (non-hydrogen) atoms. The van der Waals surface area contributed by atoms with Crippen LogP contribution in [0.3, 0.4) is 0 Å². The molecule has 0 atom stereocenters. The Morgan fingerprint density at radius 2 is 1.81 bits per heavy atom. The molecule has 0 aliphatic carbocycles. The third kappa shape index (κ3) is 3.39. The van der Waals surface area contributed by atoms with Gasteiger partial charge in [-0.3, -0.25) is 4.98 Å². The molecule has 2 heterocycles. The molecule has 1 aromatic carbocycles. The molecule has 0 unspecified atom stereocenters. The Morgan fingerprint density at radius 3 is 2.57 bits per heavy atom. The van der Waals surface area contributed by atoms with Crippen molar-refractivity contribution in [1.29, 1.82) is 0 Å². The fourth-order valence-electron chi connectivity index (χ4n) is 2.81. The molecule has 3 nitrogen and oxygen atoms in total. The molecule has 1 saturated heterocycles. The maximum absolute atomic E-state index is 14.2. The van der Waals surface area contributed by atoms with Crippen LogP contribution in [-0.2, 0) is 13.1 Å². The number of hydrogen-bond donors (Lipinski definition) is 1. The van der Waals surface area contributed by atoms with E-state index >= 15 is 0 Å². The summed E-state index contributed by atoms with van der Waals surface area (Å²) in [6.07, 6.45) is 5.94. The number of halogens is 1. The van der Waals surface area contributed by atoms with Crippen molar-refractivity contribution in [3.63, 3.8) is 0 Å². The lowest BCUT2D eigenvalue weighted by atomic mass is 10.1. The Bertz CT molecular complexity index is 580. The molecule has 1 N–H and O–H groups in total. The van der Waals surface area contributed by atoms with Crippen LogP contribution in [0.4, 0.5) is 10.1 Å². The van der Waals surface area contributed by atoms with Crippen LogP contribution >= 0.6 is 0 Å². The standard InChI is InChI=1S/C17H20FN3/c18-16-4-3-5-17(21-10-1-2-11-21)15(16)13-20-12-14-6-8-19-9-7-14/h3-9,20H,1-2,10-13H2. The van der Waals surface area contributed by atoms with E-state index in [1.807, 2.05) is 18.2 Å². The number of benzene rings is 1. The maximum Gasteiger partial charge on any atom is 0.129 e. The van der Waals surface area contributed by atoms with Gasteiger partial charge < -0.3 is 10.2 Å². The van der Waals surface area contributed by atoms with Crippen LogP contribution in [0.15, 0.2) is 42.7 Å². The van der Waals surface area contributed by atoms with Crippen LogP contribution in [-0.4, -0.2) is 18.1 Å². The maximum atomic E-state index is 14.2. The fourth-order valence-corrected chi connectivity index (χ4v) is 2.81. The minimum Gasteiger partial charge on any atom is -0.371 e. The summed E-state index contributed by atoms with van der Waals surface area (Å²) < 4.78 is 14.2. The van der Waals surface area contributed by atoms with Gasteiger partial charge in [0.25, 0.3) is 0 Å². The highest BCUT2D eigenvalue weighted by molar-refractivity contribution is 5.54. The first kappa shape index (κ1) is 14.0. The second-order valence-electron chi connectivity index (χ2n) is 5.39. The van der Waals surface area contributed by atoms with Crippen molar-refractivity contribution >= 4 is 5.69 Å². The van der Waals surface area contributed by atoms with E-state index in [9.17, 15) is 4.39 Å². The molecule has 0 spiro atoms. The van der Waals surface area contributed by atoms with E-state index in [1.165, 1.54) is 12.8 Å². The van der Waals surface area contributed by atoms with Crippen molar-refractivity contribution in [2.24, 2.45) is 0 Å². The van der Waals surface area contributed by atoms with Crippen molar-refractivity contribution < 1.29 is 4.39 Å². The Hall–Kier alpha value is -1.94. The Balaban J connectivity index is 1.69. The number of aromatic nitrogens is 1. The van der Waals surface area contributed by atoms with E-state index in [2.05, 4.69) is 15.2 Å². The van der Waals surface area contributed by atoms with Gasteiger partial charge in [0.15, 0.2) is 0 Å². The Morgan fingerprint density at radius 1 is 1.05 bits per heavy atom. The molecule has 0 bridgehead atoms. The van der Waals surface area contributed by atoms with Gasteiger partial charge in [-0.25, -0.2) is 4.39 Å². The number of hydrogen-bond acceptors (Lipinski definition) is 3. The van der Waals surface area contributed by atoms with Gasteiger partial charge in [0.2, 0.25) is 0 Å². The molecule has 1 aliphatic heterocycles. The van der Waals surface area contributed by atoms with E-state index in [0.717, 1.165) is 36.4 Å². The fraction of sp³-hybridized carbons (Fsp3) is 0.353. The van der Waals surface area contributed by atoms with Crippen molar-refractivity contribution in [1.82, 2.24) is 10.3 Å². The summed E-state index contributed by atoms with van der Waals surface area (Å²) in [5.41, 5.74) is 2.97. The van der Waals surface area contributed by atoms with Gasteiger partial charge >= 0.3 is 0 Å². The van der Waals surface area contributed by atoms with E-state index in [1.54, 1.807) is 24.5 Å².